The third-order valence-electron chi connectivity index (χ3n) is 3.38. The molecule has 22 heavy (non-hydrogen) atoms. The second-order valence-corrected chi connectivity index (χ2v) is 5.72. The van der Waals surface area contributed by atoms with E-state index in [1.807, 2.05) is 30.3 Å². The minimum absolute atomic E-state index is 0.102. The number of aromatic carboxylic acids is 1. The lowest BCUT2D eigenvalue weighted by Crippen LogP contribution is -2.38. The summed E-state index contributed by atoms with van der Waals surface area (Å²) >= 11 is 3.35. The van der Waals surface area contributed by atoms with Crippen LogP contribution < -0.4 is 9.64 Å². The molecular formula is C16H12BrNO4. The Kier molecular flexibility index (Phi) is 3.85. The van der Waals surface area contributed by atoms with Gasteiger partial charge in [0.25, 0.3) is 5.91 Å². The lowest BCUT2D eigenvalue weighted by molar-refractivity contribution is -0.121. The summed E-state index contributed by atoms with van der Waals surface area (Å²) in [5, 5.41) is 9.11. The van der Waals surface area contributed by atoms with Crippen molar-refractivity contribution in [3.05, 3.63) is 58.1 Å². The van der Waals surface area contributed by atoms with Crippen molar-refractivity contribution in [2.45, 2.75) is 6.54 Å². The zero-order chi connectivity index (χ0) is 15.7. The molecule has 1 heterocycles. The lowest BCUT2D eigenvalue weighted by Gasteiger charge is -2.30. The Morgan fingerprint density at radius 1 is 1.27 bits per heavy atom. The van der Waals surface area contributed by atoms with E-state index in [1.54, 1.807) is 4.90 Å². The summed E-state index contributed by atoms with van der Waals surface area (Å²) in [5.74, 6) is -0.818. The van der Waals surface area contributed by atoms with Crippen LogP contribution in [-0.4, -0.2) is 23.6 Å². The van der Waals surface area contributed by atoms with Gasteiger partial charge in [-0.15, -0.1) is 0 Å². The number of benzene rings is 2. The summed E-state index contributed by atoms with van der Waals surface area (Å²) in [7, 11) is 0. The molecule has 5 nitrogen and oxygen atoms in total. The van der Waals surface area contributed by atoms with Gasteiger partial charge in [0.15, 0.2) is 6.61 Å². The number of fused-ring (bicyclic) bond motifs is 1. The van der Waals surface area contributed by atoms with Gasteiger partial charge >= 0.3 is 5.97 Å². The third kappa shape index (κ3) is 2.69. The van der Waals surface area contributed by atoms with Crippen molar-refractivity contribution in [1.29, 1.82) is 0 Å². The van der Waals surface area contributed by atoms with Gasteiger partial charge in [-0.05, 0) is 33.6 Å². The molecule has 0 saturated carbocycles. The summed E-state index contributed by atoms with van der Waals surface area (Å²) in [6.45, 7) is 0.302. The highest BCUT2D eigenvalue weighted by molar-refractivity contribution is 9.10. The van der Waals surface area contributed by atoms with Crippen LogP contribution in [0.15, 0.2) is 46.9 Å². The number of hydrogen-bond donors (Lipinski definition) is 1. The maximum atomic E-state index is 12.2. The molecule has 1 aliphatic heterocycles. The van der Waals surface area contributed by atoms with Gasteiger partial charge in [0.1, 0.15) is 11.4 Å². The number of rotatable bonds is 3. The van der Waals surface area contributed by atoms with Gasteiger partial charge in [0.05, 0.1) is 12.1 Å². The fourth-order valence-electron chi connectivity index (χ4n) is 2.34. The molecule has 3 rings (SSSR count). The van der Waals surface area contributed by atoms with Gasteiger partial charge in [0, 0.05) is 4.47 Å². The van der Waals surface area contributed by atoms with E-state index in [4.69, 9.17) is 9.84 Å². The smallest absolute Gasteiger partial charge is 0.335 e. The van der Waals surface area contributed by atoms with Gasteiger partial charge < -0.3 is 14.7 Å². The van der Waals surface area contributed by atoms with E-state index in [2.05, 4.69) is 15.9 Å². The normalized spacial score (nSPS) is 13.5. The fourth-order valence-corrected chi connectivity index (χ4v) is 3.00. The van der Waals surface area contributed by atoms with Crippen LogP contribution in [0.4, 0.5) is 5.69 Å². The highest BCUT2D eigenvalue weighted by Gasteiger charge is 2.29. The Bertz CT molecular complexity index is 745. The Morgan fingerprint density at radius 2 is 2.00 bits per heavy atom. The van der Waals surface area contributed by atoms with Crippen LogP contribution in [0.25, 0.3) is 0 Å². The first kappa shape index (κ1) is 14.6. The summed E-state index contributed by atoms with van der Waals surface area (Å²) in [6.07, 6.45) is 0. The number of carbonyl (C=O) groups excluding carboxylic acids is 1. The van der Waals surface area contributed by atoms with E-state index in [-0.39, 0.29) is 18.1 Å². The molecule has 0 unspecified atom stereocenters. The highest BCUT2D eigenvalue weighted by atomic mass is 79.9. The largest absolute Gasteiger partial charge is 0.481 e. The number of carbonyl (C=O) groups is 2. The van der Waals surface area contributed by atoms with Crippen molar-refractivity contribution in [2.75, 3.05) is 11.5 Å². The van der Waals surface area contributed by atoms with E-state index >= 15 is 0 Å². The van der Waals surface area contributed by atoms with Crippen molar-refractivity contribution in [2.24, 2.45) is 0 Å². The van der Waals surface area contributed by atoms with Crippen LogP contribution in [0, 0.1) is 0 Å². The first-order valence-electron chi connectivity index (χ1n) is 6.60. The molecule has 1 amide bonds. The van der Waals surface area contributed by atoms with Crippen LogP contribution in [0.3, 0.4) is 0 Å². The number of anilines is 1. The van der Waals surface area contributed by atoms with E-state index in [0.29, 0.717) is 22.5 Å². The van der Waals surface area contributed by atoms with Gasteiger partial charge in [-0.1, -0.05) is 30.3 Å². The summed E-state index contributed by atoms with van der Waals surface area (Å²) in [6, 6.07) is 12.5. The van der Waals surface area contributed by atoms with E-state index in [9.17, 15) is 9.59 Å². The molecular weight excluding hydrogens is 350 g/mol. The van der Waals surface area contributed by atoms with Crippen molar-refractivity contribution in [1.82, 2.24) is 0 Å². The van der Waals surface area contributed by atoms with E-state index in [0.717, 1.165) is 5.56 Å². The molecule has 1 aliphatic rings. The first-order valence-corrected chi connectivity index (χ1v) is 7.39. The Labute approximate surface area is 135 Å². The monoisotopic (exact) mass is 361 g/mol. The molecule has 0 radical (unpaired) electrons. The Morgan fingerprint density at radius 3 is 2.68 bits per heavy atom. The maximum absolute atomic E-state index is 12.2. The van der Waals surface area contributed by atoms with Crippen molar-refractivity contribution in [3.63, 3.8) is 0 Å². The average molecular weight is 362 g/mol. The zero-order valence-corrected chi connectivity index (χ0v) is 13.0. The van der Waals surface area contributed by atoms with Crippen LogP contribution >= 0.6 is 15.9 Å². The molecule has 0 fully saturated rings. The average Bonchev–Trinajstić information content (AvgIpc) is 2.51. The van der Waals surface area contributed by atoms with Crippen LogP contribution in [0.5, 0.6) is 5.75 Å². The number of ether oxygens (including phenoxy) is 1. The Hall–Kier alpha value is -2.34. The number of amides is 1. The number of carboxylic acid groups (broad SMARTS) is 1. The number of hydrogen-bond acceptors (Lipinski definition) is 3. The zero-order valence-electron chi connectivity index (χ0n) is 11.5. The van der Waals surface area contributed by atoms with Crippen molar-refractivity contribution < 1.29 is 19.4 Å². The van der Waals surface area contributed by atoms with Crippen molar-refractivity contribution >= 4 is 33.5 Å². The molecule has 2 aromatic carbocycles. The number of nitrogens with zero attached hydrogens (tertiary/aromatic N) is 1. The van der Waals surface area contributed by atoms with Gasteiger partial charge in [-0.25, -0.2) is 4.79 Å². The standard InChI is InChI=1S/C16H12BrNO4/c17-12-6-11(16(20)21)7-13-15(12)18(14(19)9-22-13)8-10-4-2-1-3-5-10/h1-7H,8-9H2,(H,20,21). The molecule has 0 bridgehead atoms. The molecule has 1 N–H and O–H groups in total. The number of carboxylic acids is 1. The second-order valence-electron chi connectivity index (χ2n) is 4.86. The highest BCUT2D eigenvalue weighted by Crippen LogP contribution is 2.40. The number of halogens is 1. The predicted octanol–water partition coefficient (Wildman–Crippen LogP) is 3.07. The maximum Gasteiger partial charge on any atom is 0.335 e. The summed E-state index contributed by atoms with van der Waals surface area (Å²) in [5.41, 5.74) is 1.66. The molecule has 2 aromatic rings. The lowest BCUT2D eigenvalue weighted by atomic mass is 10.1. The summed E-state index contributed by atoms with van der Waals surface area (Å²) < 4.78 is 5.91. The molecule has 0 atom stereocenters. The van der Waals surface area contributed by atoms with Crippen molar-refractivity contribution in [3.8, 4) is 5.75 Å². The molecule has 6 heteroatoms. The first-order chi connectivity index (χ1) is 10.6. The van der Waals surface area contributed by atoms with Gasteiger partial charge in [0.2, 0.25) is 0 Å². The predicted molar refractivity (Wildman–Crippen MR) is 84.2 cm³/mol. The van der Waals surface area contributed by atoms with Gasteiger partial charge in [-0.3, -0.25) is 4.79 Å². The molecule has 0 saturated heterocycles. The molecule has 112 valence electrons. The minimum atomic E-state index is -1.04. The van der Waals surface area contributed by atoms with Crippen LogP contribution in [-0.2, 0) is 11.3 Å². The third-order valence-corrected chi connectivity index (χ3v) is 3.99. The minimum Gasteiger partial charge on any atom is -0.481 e. The van der Waals surface area contributed by atoms with E-state index < -0.39 is 5.97 Å². The fraction of sp³-hybridized carbons (Fsp3) is 0.125. The topological polar surface area (TPSA) is 66.8 Å². The molecule has 0 spiro atoms. The van der Waals surface area contributed by atoms with Gasteiger partial charge in [-0.2, -0.15) is 0 Å². The van der Waals surface area contributed by atoms with E-state index in [1.165, 1.54) is 12.1 Å². The molecule has 0 aliphatic carbocycles. The van der Waals surface area contributed by atoms with Crippen LogP contribution in [0.2, 0.25) is 0 Å². The quantitative estimate of drug-likeness (QED) is 0.912. The molecule has 0 aromatic heterocycles. The SMILES string of the molecule is O=C(O)c1cc(Br)c2c(c1)OCC(=O)N2Cc1ccccc1. The second kappa shape index (κ2) is 5.81. The Balaban J connectivity index is 2.03. The summed E-state index contributed by atoms with van der Waals surface area (Å²) in [4.78, 5) is 24.9. The van der Waals surface area contributed by atoms with Crippen LogP contribution in [0.1, 0.15) is 15.9 Å².